The molecular formula is C16H19N2O+. The molecule has 2 aromatic carbocycles. The van der Waals surface area contributed by atoms with Crippen LogP contribution in [-0.4, -0.2) is 11.9 Å². The molecule has 0 fully saturated rings. The normalized spacial score (nSPS) is 11.9. The molecule has 0 aliphatic heterocycles. The van der Waals surface area contributed by atoms with Gasteiger partial charge in [-0.3, -0.25) is 4.79 Å². The number of anilines is 1. The zero-order chi connectivity index (χ0) is 13.7. The molecule has 4 N–H and O–H groups in total. The van der Waals surface area contributed by atoms with Gasteiger partial charge in [0.05, 0.1) is 0 Å². The molecule has 19 heavy (non-hydrogen) atoms. The number of carbonyl (C=O) groups excluding carboxylic acids is 1. The van der Waals surface area contributed by atoms with Gasteiger partial charge in [0.2, 0.25) is 0 Å². The van der Waals surface area contributed by atoms with E-state index in [4.69, 9.17) is 0 Å². The molecule has 0 aromatic heterocycles. The molecule has 1 atom stereocenters. The summed E-state index contributed by atoms with van der Waals surface area (Å²) in [6, 6.07) is 17.8. The molecule has 3 nitrogen and oxygen atoms in total. The minimum atomic E-state index is -0.259. The van der Waals surface area contributed by atoms with E-state index in [2.05, 4.69) is 23.2 Å². The Morgan fingerprint density at radius 2 is 1.74 bits per heavy atom. The van der Waals surface area contributed by atoms with Gasteiger partial charge in [0, 0.05) is 5.69 Å². The Morgan fingerprint density at radius 1 is 1.11 bits per heavy atom. The topological polar surface area (TPSA) is 56.7 Å². The summed E-state index contributed by atoms with van der Waals surface area (Å²) >= 11 is 0. The second kappa shape index (κ2) is 6.16. The second-order valence-electron chi connectivity index (χ2n) is 4.71. The smallest absolute Gasteiger partial charge is 0.282 e. The van der Waals surface area contributed by atoms with Gasteiger partial charge in [0.1, 0.15) is 0 Å². The summed E-state index contributed by atoms with van der Waals surface area (Å²) < 4.78 is 0. The zero-order valence-corrected chi connectivity index (χ0v) is 11.1. The van der Waals surface area contributed by atoms with Crippen LogP contribution in [0.4, 0.5) is 5.69 Å². The van der Waals surface area contributed by atoms with E-state index in [9.17, 15) is 4.79 Å². The molecule has 2 aromatic rings. The molecule has 3 heteroatoms. The first-order valence-electron chi connectivity index (χ1n) is 6.42. The number of rotatable bonds is 4. The van der Waals surface area contributed by atoms with Gasteiger partial charge in [-0.05, 0) is 30.5 Å². The van der Waals surface area contributed by atoms with Gasteiger partial charge in [0.25, 0.3) is 5.91 Å². The molecule has 1 amide bonds. The lowest BCUT2D eigenvalue weighted by atomic mass is 10.0. The Bertz CT molecular complexity index is 550. The van der Waals surface area contributed by atoms with Crippen molar-refractivity contribution in [2.75, 3.05) is 5.32 Å². The quantitative estimate of drug-likeness (QED) is 0.860. The maximum atomic E-state index is 11.7. The van der Waals surface area contributed by atoms with Gasteiger partial charge >= 0.3 is 0 Å². The highest BCUT2D eigenvalue weighted by Crippen LogP contribution is 2.19. The Kier molecular flexibility index (Phi) is 4.31. The van der Waals surface area contributed by atoms with Gasteiger partial charge in [0.15, 0.2) is 6.04 Å². The number of benzene rings is 2. The molecule has 0 spiro atoms. The highest BCUT2D eigenvalue weighted by Gasteiger charge is 2.12. The van der Waals surface area contributed by atoms with E-state index in [0.717, 1.165) is 17.7 Å². The van der Waals surface area contributed by atoms with Gasteiger partial charge in [-0.15, -0.1) is 0 Å². The predicted octanol–water partition coefficient (Wildman–Crippen LogP) is 1.85. The fraction of sp³-hybridized carbons (Fsp3) is 0.188. The maximum Gasteiger partial charge on any atom is 0.282 e. The Labute approximate surface area is 113 Å². The van der Waals surface area contributed by atoms with Crippen molar-refractivity contribution >= 4 is 11.6 Å². The van der Waals surface area contributed by atoms with Crippen LogP contribution in [0.1, 0.15) is 18.1 Å². The lowest BCUT2D eigenvalue weighted by Crippen LogP contribution is -2.64. The van der Waals surface area contributed by atoms with E-state index >= 15 is 0 Å². The summed E-state index contributed by atoms with van der Waals surface area (Å²) in [5, 5.41) is 2.93. The molecule has 0 aliphatic carbocycles. The second-order valence-corrected chi connectivity index (χ2v) is 4.71. The summed E-state index contributed by atoms with van der Waals surface area (Å²) in [5.41, 5.74) is 6.95. The summed E-state index contributed by atoms with van der Waals surface area (Å²) in [5.74, 6) is -0.0551. The minimum absolute atomic E-state index is 0.0551. The highest BCUT2D eigenvalue weighted by atomic mass is 16.2. The van der Waals surface area contributed by atoms with Crippen molar-refractivity contribution in [2.24, 2.45) is 0 Å². The molecule has 0 heterocycles. The predicted molar refractivity (Wildman–Crippen MR) is 76.7 cm³/mol. The monoisotopic (exact) mass is 255 g/mol. The lowest BCUT2D eigenvalue weighted by molar-refractivity contribution is -0.396. The number of nitrogens with one attached hydrogen (secondary N) is 1. The van der Waals surface area contributed by atoms with Crippen LogP contribution in [0.15, 0.2) is 54.6 Å². The van der Waals surface area contributed by atoms with E-state index in [-0.39, 0.29) is 11.9 Å². The minimum Gasteiger partial charge on any atom is -0.348 e. The van der Waals surface area contributed by atoms with Crippen molar-refractivity contribution in [3.05, 3.63) is 65.7 Å². The van der Waals surface area contributed by atoms with Gasteiger partial charge < -0.3 is 11.1 Å². The lowest BCUT2D eigenvalue weighted by Gasteiger charge is -2.11. The summed E-state index contributed by atoms with van der Waals surface area (Å²) in [6.45, 7) is 1.79. The van der Waals surface area contributed by atoms with Crippen LogP contribution in [0.2, 0.25) is 0 Å². The number of hydrogen-bond donors (Lipinski definition) is 2. The van der Waals surface area contributed by atoms with Crippen LogP contribution in [-0.2, 0) is 11.2 Å². The molecule has 0 aliphatic rings. The van der Waals surface area contributed by atoms with E-state index in [1.807, 2.05) is 42.5 Å². The van der Waals surface area contributed by atoms with Crippen molar-refractivity contribution in [3.63, 3.8) is 0 Å². The van der Waals surface area contributed by atoms with Crippen LogP contribution < -0.4 is 11.1 Å². The van der Waals surface area contributed by atoms with E-state index in [0.29, 0.717) is 0 Å². The van der Waals surface area contributed by atoms with Crippen LogP contribution >= 0.6 is 0 Å². The molecule has 0 saturated heterocycles. The average Bonchev–Trinajstić information content (AvgIpc) is 2.42. The van der Waals surface area contributed by atoms with Crippen molar-refractivity contribution in [1.29, 1.82) is 0 Å². The molecule has 0 bridgehead atoms. The van der Waals surface area contributed by atoms with Crippen molar-refractivity contribution in [2.45, 2.75) is 19.4 Å². The summed E-state index contributed by atoms with van der Waals surface area (Å²) in [6.07, 6.45) is 0.808. The first-order chi connectivity index (χ1) is 9.16. The first kappa shape index (κ1) is 13.3. The number of para-hydroxylation sites is 1. The third-order valence-corrected chi connectivity index (χ3v) is 2.96. The Balaban J connectivity index is 2.19. The maximum absolute atomic E-state index is 11.7. The fourth-order valence-corrected chi connectivity index (χ4v) is 1.87. The van der Waals surface area contributed by atoms with E-state index in [1.54, 1.807) is 6.92 Å². The van der Waals surface area contributed by atoms with Gasteiger partial charge in [-0.1, -0.05) is 48.5 Å². The summed E-state index contributed by atoms with van der Waals surface area (Å²) in [4.78, 5) is 11.7. The molecule has 0 unspecified atom stereocenters. The molecule has 98 valence electrons. The molecule has 2 rings (SSSR count). The Morgan fingerprint density at radius 3 is 2.42 bits per heavy atom. The third kappa shape index (κ3) is 3.66. The van der Waals surface area contributed by atoms with Crippen LogP contribution in [0.25, 0.3) is 0 Å². The van der Waals surface area contributed by atoms with Crippen LogP contribution in [0.3, 0.4) is 0 Å². The average molecular weight is 255 g/mol. The van der Waals surface area contributed by atoms with Gasteiger partial charge in [-0.2, -0.15) is 0 Å². The molecule has 0 saturated carbocycles. The molecule has 0 radical (unpaired) electrons. The zero-order valence-electron chi connectivity index (χ0n) is 11.1. The van der Waals surface area contributed by atoms with E-state index < -0.39 is 0 Å². The fourth-order valence-electron chi connectivity index (χ4n) is 1.87. The number of amides is 1. The van der Waals surface area contributed by atoms with Crippen LogP contribution in [0.5, 0.6) is 0 Å². The van der Waals surface area contributed by atoms with Crippen molar-refractivity contribution in [3.8, 4) is 0 Å². The number of hydrogen-bond acceptors (Lipinski definition) is 1. The largest absolute Gasteiger partial charge is 0.348 e. The van der Waals surface area contributed by atoms with Gasteiger partial charge in [-0.25, -0.2) is 0 Å². The van der Waals surface area contributed by atoms with E-state index in [1.165, 1.54) is 5.56 Å². The third-order valence-electron chi connectivity index (χ3n) is 2.96. The standard InChI is InChI=1S/C16H18N2O/c1-12(17)16(19)18-15-10-6-5-9-14(15)11-13-7-3-2-4-8-13/h2-10,12H,11,17H2,1H3,(H,18,19)/p+1/t12-/m1/s1. The molecular weight excluding hydrogens is 236 g/mol. The van der Waals surface area contributed by atoms with Crippen molar-refractivity contribution in [1.82, 2.24) is 0 Å². The number of carbonyl (C=O) groups is 1. The summed E-state index contributed by atoms with van der Waals surface area (Å²) in [7, 11) is 0. The number of quaternary nitrogens is 1. The SMILES string of the molecule is C[C@@H]([NH3+])C(=O)Nc1ccccc1Cc1ccccc1. The van der Waals surface area contributed by atoms with Crippen LogP contribution in [0, 0.1) is 0 Å². The first-order valence-corrected chi connectivity index (χ1v) is 6.42. The Hall–Kier alpha value is -2.13. The highest BCUT2D eigenvalue weighted by molar-refractivity contribution is 5.94. The van der Waals surface area contributed by atoms with Crippen molar-refractivity contribution < 1.29 is 10.5 Å².